The van der Waals surface area contributed by atoms with E-state index in [1.54, 1.807) is 38.1 Å². The summed E-state index contributed by atoms with van der Waals surface area (Å²) in [6, 6.07) is 10.6. The van der Waals surface area contributed by atoms with Crippen LogP contribution in [-0.4, -0.2) is 39.7 Å². The summed E-state index contributed by atoms with van der Waals surface area (Å²) in [5.74, 6) is -1.43. The van der Waals surface area contributed by atoms with Gasteiger partial charge in [-0.3, -0.25) is 9.59 Å². The van der Waals surface area contributed by atoms with Crippen molar-refractivity contribution in [2.24, 2.45) is 0 Å². The molecule has 0 bridgehead atoms. The molecule has 1 N–H and O–H groups in total. The molecule has 0 spiro atoms. The van der Waals surface area contributed by atoms with Crippen LogP contribution in [0.5, 0.6) is 0 Å². The zero-order valence-electron chi connectivity index (χ0n) is 15.9. The molecule has 29 heavy (non-hydrogen) atoms. The minimum Gasteiger partial charge on any atom is -0.337 e. The number of aromatic nitrogens is 2. The molecule has 8 heteroatoms. The van der Waals surface area contributed by atoms with Gasteiger partial charge >= 0.3 is 0 Å². The Morgan fingerprint density at radius 2 is 1.90 bits per heavy atom. The fraction of sp³-hybridized carbons (Fsp3) is 0.190. The van der Waals surface area contributed by atoms with E-state index < -0.39 is 11.7 Å². The number of aryl methyl sites for hydroxylation is 2. The summed E-state index contributed by atoms with van der Waals surface area (Å²) in [5, 5.41) is 6.97. The van der Waals surface area contributed by atoms with E-state index >= 15 is 0 Å². The van der Waals surface area contributed by atoms with Crippen molar-refractivity contribution >= 4 is 11.8 Å². The third kappa shape index (κ3) is 3.61. The van der Waals surface area contributed by atoms with Crippen molar-refractivity contribution in [2.75, 3.05) is 13.2 Å². The van der Waals surface area contributed by atoms with Crippen molar-refractivity contribution < 1.29 is 18.4 Å². The molecule has 1 saturated heterocycles. The highest BCUT2D eigenvalue weighted by atomic mass is 19.1. The summed E-state index contributed by atoms with van der Waals surface area (Å²) in [6.45, 7) is 3.45. The van der Waals surface area contributed by atoms with E-state index in [2.05, 4.69) is 10.4 Å². The molecule has 0 aliphatic carbocycles. The highest BCUT2D eigenvalue weighted by Crippen LogP contribution is 2.27. The van der Waals surface area contributed by atoms with Gasteiger partial charge in [-0.2, -0.15) is 5.10 Å². The molecule has 2 aromatic carbocycles. The van der Waals surface area contributed by atoms with Gasteiger partial charge in [-0.1, -0.05) is 0 Å². The molecule has 0 atom stereocenters. The summed E-state index contributed by atoms with van der Waals surface area (Å²) in [7, 11) is 0. The summed E-state index contributed by atoms with van der Waals surface area (Å²) >= 11 is 0. The van der Waals surface area contributed by atoms with Crippen LogP contribution in [0.25, 0.3) is 16.9 Å². The lowest BCUT2D eigenvalue weighted by atomic mass is 10.1. The van der Waals surface area contributed by atoms with Gasteiger partial charge in [-0.15, -0.1) is 0 Å². The molecule has 2 heterocycles. The summed E-state index contributed by atoms with van der Waals surface area (Å²) < 4.78 is 29.2. The van der Waals surface area contributed by atoms with Crippen LogP contribution in [0.3, 0.4) is 0 Å². The van der Waals surface area contributed by atoms with Crippen molar-refractivity contribution in [3.8, 4) is 16.9 Å². The molecule has 1 aliphatic heterocycles. The minimum absolute atomic E-state index is 0.0459. The second-order valence-electron chi connectivity index (χ2n) is 7.04. The first-order valence-corrected chi connectivity index (χ1v) is 9.02. The molecule has 0 radical (unpaired) electrons. The van der Waals surface area contributed by atoms with Gasteiger partial charge in [0.2, 0.25) is 5.91 Å². The number of rotatable bonds is 3. The Morgan fingerprint density at radius 1 is 1.10 bits per heavy atom. The van der Waals surface area contributed by atoms with E-state index in [1.807, 2.05) is 0 Å². The summed E-state index contributed by atoms with van der Waals surface area (Å²) in [5.41, 5.74) is 2.80. The third-order valence-corrected chi connectivity index (χ3v) is 4.74. The fourth-order valence-electron chi connectivity index (χ4n) is 3.31. The van der Waals surface area contributed by atoms with Crippen molar-refractivity contribution in [1.29, 1.82) is 0 Å². The number of benzene rings is 2. The van der Waals surface area contributed by atoms with Crippen LogP contribution in [0.15, 0.2) is 42.5 Å². The van der Waals surface area contributed by atoms with Gasteiger partial charge in [0.1, 0.15) is 18.2 Å². The number of nitrogens with one attached hydrogen (secondary N) is 1. The Labute approximate surface area is 165 Å². The Kier molecular flexibility index (Phi) is 4.62. The number of halogens is 2. The average molecular weight is 396 g/mol. The zero-order chi connectivity index (χ0) is 20.7. The van der Waals surface area contributed by atoms with Gasteiger partial charge in [0, 0.05) is 5.56 Å². The van der Waals surface area contributed by atoms with Crippen molar-refractivity contribution in [3.63, 3.8) is 0 Å². The molecule has 3 aromatic rings. The lowest BCUT2D eigenvalue weighted by molar-refractivity contribution is -0.118. The van der Waals surface area contributed by atoms with Gasteiger partial charge < -0.3 is 10.2 Å². The quantitative estimate of drug-likeness (QED) is 0.740. The van der Waals surface area contributed by atoms with Crippen molar-refractivity contribution in [3.05, 3.63) is 70.9 Å². The molecule has 148 valence electrons. The van der Waals surface area contributed by atoms with Crippen molar-refractivity contribution in [2.45, 2.75) is 13.8 Å². The number of hydrogen-bond acceptors (Lipinski definition) is 3. The normalized spacial score (nSPS) is 13.7. The van der Waals surface area contributed by atoms with Gasteiger partial charge in [-0.25, -0.2) is 13.5 Å². The van der Waals surface area contributed by atoms with Crippen molar-refractivity contribution in [1.82, 2.24) is 20.0 Å². The molecule has 1 aromatic heterocycles. The standard InChI is InChI=1S/C21H18F2N4O2/c1-12-5-14(8-15(22)6-12)19-9-18(21(29)26-10-20(28)24-11-26)25-27(19)16-3-4-17(23)13(2)7-16/h3-9H,10-11H2,1-2H3,(H,24,28). The third-order valence-electron chi connectivity index (χ3n) is 4.74. The van der Waals surface area contributed by atoms with Crippen LogP contribution < -0.4 is 5.32 Å². The maximum Gasteiger partial charge on any atom is 0.276 e. The maximum atomic E-state index is 14.0. The van der Waals surface area contributed by atoms with Gasteiger partial charge in [0.25, 0.3) is 5.91 Å². The second-order valence-corrected chi connectivity index (χ2v) is 7.04. The zero-order valence-corrected chi connectivity index (χ0v) is 15.9. The predicted molar refractivity (Wildman–Crippen MR) is 102 cm³/mol. The van der Waals surface area contributed by atoms with E-state index in [0.717, 1.165) is 0 Å². The number of carbonyl (C=O) groups excluding carboxylic acids is 2. The van der Waals surface area contributed by atoms with E-state index in [4.69, 9.17) is 0 Å². The van der Waals surface area contributed by atoms with Gasteiger partial charge in [0.05, 0.1) is 18.1 Å². The van der Waals surface area contributed by atoms with Crippen LogP contribution in [0, 0.1) is 25.5 Å². The molecule has 0 saturated carbocycles. The Bertz CT molecular complexity index is 1120. The Hall–Kier alpha value is -3.55. The molecule has 4 rings (SSSR count). The maximum absolute atomic E-state index is 14.0. The molecular weight excluding hydrogens is 378 g/mol. The van der Waals surface area contributed by atoms with E-state index in [1.165, 1.54) is 27.8 Å². The first kappa shape index (κ1) is 18.8. The molecule has 2 amide bonds. The Balaban J connectivity index is 1.85. The number of amides is 2. The van der Waals surface area contributed by atoms with E-state index in [0.29, 0.717) is 28.1 Å². The number of carbonyl (C=O) groups is 2. The second kappa shape index (κ2) is 7.12. The Morgan fingerprint density at radius 3 is 2.55 bits per heavy atom. The van der Waals surface area contributed by atoms with Crippen LogP contribution in [-0.2, 0) is 4.79 Å². The van der Waals surface area contributed by atoms with E-state index in [-0.39, 0.29) is 30.6 Å². The van der Waals surface area contributed by atoms with E-state index in [9.17, 15) is 18.4 Å². The lowest BCUT2D eigenvalue weighted by Crippen LogP contribution is -2.30. The number of hydrogen-bond donors (Lipinski definition) is 1. The molecular formula is C21H18F2N4O2. The smallest absolute Gasteiger partial charge is 0.276 e. The molecule has 1 fully saturated rings. The lowest BCUT2D eigenvalue weighted by Gasteiger charge is -2.11. The highest BCUT2D eigenvalue weighted by molar-refractivity contribution is 5.97. The van der Waals surface area contributed by atoms with Crippen LogP contribution in [0.4, 0.5) is 8.78 Å². The number of nitrogens with zero attached hydrogens (tertiary/aromatic N) is 3. The molecule has 1 aliphatic rings. The topological polar surface area (TPSA) is 67.2 Å². The average Bonchev–Trinajstić information content (AvgIpc) is 3.29. The fourth-order valence-corrected chi connectivity index (χ4v) is 3.31. The minimum atomic E-state index is -0.421. The largest absolute Gasteiger partial charge is 0.337 e. The first-order valence-electron chi connectivity index (χ1n) is 9.02. The summed E-state index contributed by atoms with van der Waals surface area (Å²) in [4.78, 5) is 25.6. The monoisotopic (exact) mass is 396 g/mol. The molecule has 6 nitrogen and oxygen atoms in total. The van der Waals surface area contributed by atoms with Crippen LogP contribution in [0.2, 0.25) is 0 Å². The van der Waals surface area contributed by atoms with Crippen LogP contribution in [0.1, 0.15) is 21.6 Å². The van der Waals surface area contributed by atoms with Gasteiger partial charge in [-0.05, 0) is 67.4 Å². The molecule has 0 unspecified atom stereocenters. The SMILES string of the molecule is Cc1cc(F)cc(-c2cc(C(=O)N3CNC(=O)C3)nn2-c2ccc(F)c(C)c2)c1. The van der Waals surface area contributed by atoms with Gasteiger partial charge in [0.15, 0.2) is 5.69 Å². The highest BCUT2D eigenvalue weighted by Gasteiger charge is 2.27. The summed E-state index contributed by atoms with van der Waals surface area (Å²) in [6.07, 6.45) is 0. The van der Waals surface area contributed by atoms with Crippen LogP contribution >= 0.6 is 0 Å². The first-order chi connectivity index (χ1) is 13.8. The predicted octanol–water partition coefficient (Wildman–Crippen LogP) is 2.96.